The van der Waals surface area contributed by atoms with Crippen LogP contribution in [0.3, 0.4) is 0 Å². The van der Waals surface area contributed by atoms with Gasteiger partial charge in [0.15, 0.2) is 11.4 Å². The number of piperazine rings is 1. The summed E-state index contributed by atoms with van der Waals surface area (Å²) in [6, 6.07) is 5.04. The van der Waals surface area contributed by atoms with Crippen molar-refractivity contribution in [1.82, 2.24) is 15.2 Å². The lowest BCUT2D eigenvalue weighted by Crippen LogP contribution is -2.45. The van der Waals surface area contributed by atoms with Crippen molar-refractivity contribution in [3.8, 4) is 0 Å². The number of aromatic amines is 1. The second kappa shape index (κ2) is 4.99. The van der Waals surface area contributed by atoms with Gasteiger partial charge in [0.1, 0.15) is 0 Å². The number of carbonyl (C=O) groups is 1. The number of nitrogens with one attached hydrogen (secondary N) is 2. The molecule has 1 aromatic heterocycles. The van der Waals surface area contributed by atoms with Gasteiger partial charge in [-0.3, -0.25) is 14.7 Å². The van der Waals surface area contributed by atoms with Crippen LogP contribution in [-0.4, -0.2) is 48.4 Å². The minimum atomic E-state index is -0.498. The molecule has 2 N–H and O–H groups in total. The number of Topliss-reactive ketones (excluding diaryl/α,β-unsaturated/α-hetero) is 1. The van der Waals surface area contributed by atoms with Gasteiger partial charge in [-0.25, -0.2) is 4.79 Å². The molecule has 19 heavy (non-hydrogen) atoms. The number of carbonyl (C=O) groups excluding carboxylic acids is 1. The third-order valence-electron chi connectivity index (χ3n) is 3.32. The Kier molecular flexibility index (Phi) is 3.18. The third kappa shape index (κ3) is 2.59. The first kappa shape index (κ1) is 12.1. The maximum atomic E-state index is 12.2. The van der Waals surface area contributed by atoms with E-state index in [-0.39, 0.29) is 5.78 Å². The summed E-state index contributed by atoms with van der Waals surface area (Å²) in [5, 5.41) is 3.25. The molecule has 3 rings (SSSR count). The van der Waals surface area contributed by atoms with Crippen molar-refractivity contribution in [3.63, 3.8) is 0 Å². The second-order valence-corrected chi connectivity index (χ2v) is 4.67. The molecule has 0 spiro atoms. The van der Waals surface area contributed by atoms with Gasteiger partial charge in [0.2, 0.25) is 0 Å². The SMILES string of the molecule is O=C(CN1CCNCC1)c1ccc2[nH]c(=O)oc2c1. The van der Waals surface area contributed by atoms with Crippen LogP contribution >= 0.6 is 0 Å². The number of H-pyrrole nitrogens is 1. The highest BCUT2D eigenvalue weighted by molar-refractivity contribution is 5.99. The van der Waals surface area contributed by atoms with Gasteiger partial charge in [-0.2, -0.15) is 0 Å². The van der Waals surface area contributed by atoms with E-state index in [4.69, 9.17) is 4.42 Å². The second-order valence-electron chi connectivity index (χ2n) is 4.67. The summed E-state index contributed by atoms with van der Waals surface area (Å²) in [5.41, 5.74) is 1.62. The predicted octanol–water partition coefficient (Wildman–Crippen LogP) is 0.209. The fourth-order valence-corrected chi connectivity index (χ4v) is 2.28. The lowest BCUT2D eigenvalue weighted by molar-refractivity contribution is 0.0921. The molecule has 0 aliphatic carbocycles. The van der Waals surface area contributed by atoms with Crippen LogP contribution in [0.2, 0.25) is 0 Å². The zero-order valence-electron chi connectivity index (χ0n) is 10.4. The van der Waals surface area contributed by atoms with Crippen molar-refractivity contribution >= 4 is 16.9 Å². The number of nitrogens with zero attached hydrogens (tertiary/aromatic N) is 1. The Balaban J connectivity index is 1.78. The van der Waals surface area contributed by atoms with Crippen LogP contribution < -0.4 is 11.1 Å². The zero-order chi connectivity index (χ0) is 13.2. The van der Waals surface area contributed by atoms with E-state index in [0.29, 0.717) is 23.2 Å². The third-order valence-corrected chi connectivity index (χ3v) is 3.32. The van der Waals surface area contributed by atoms with Crippen molar-refractivity contribution in [2.75, 3.05) is 32.7 Å². The number of aromatic nitrogens is 1. The summed E-state index contributed by atoms with van der Waals surface area (Å²) in [4.78, 5) is 27.9. The first-order valence-corrected chi connectivity index (χ1v) is 6.31. The van der Waals surface area contributed by atoms with Crippen LogP contribution in [0.4, 0.5) is 0 Å². The highest BCUT2D eigenvalue weighted by Gasteiger charge is 2.15. The first-order valence-electron chi connectivity index (χ1n) is 6.31. The van der Waals surface area contributed by atoms with Gasteiger partial charge < -0.3 is 9.73 Å². The summed E-state index contributed by atoms with van der Waals surface area (Å²) in [7, 11) is 0. The average Bonchev–Trinajstić information content (AvgIpc) is 2.78. The molecule has 1 aromatic carbocycles. The molecule has 2 aromatic rings. The number of rotatable bonds is 3. The molecule has 0 saturated carbocycles. The predicted molar refractivity (Wildman–Crippen MR) is 70.5 cm³/mol. The molecule has 0 radical (unpaired) electrons. The molecule has 1 aliphatic heterocycles. The minimum absolute atomic E-state index is 0.0487. The van der Waals surface area contributed by atoms with E-state index >= 15 is 0 Å². The molecule has 1 saturated heterocycles. The topological polar surface area (TPSA) is 78.3 Å². The Bertz CT molecular complexity index is 652. The first-order chi connectivity index (χ1) is 9.22. The normalized spacial score (nSPS) is 16.8. The van der Waals surface area contributed by atoms with Crippen LogP contribution in [0, 0.1) is 0 Å². The van der Waals surface area contributed by atoms with E-state index in [2.05, 4.69) is 15.2 Å². The summed E-state index contributed by atoms with van der Waals surface area (Å²) in [5.74, 6) is -0.450. The molecule has 2 heterocycles. The van der Waals surface area contributed by atoms with Gasteiger partial charge in [-0.15, -0.1) is 0 Å². The standard InChI is InChI=1S/C13H15N3O3/c17-11(8-16-5-3-14-4-6-16)9-1-2-10-12(7-9)19-13(18)15-10/h1-2,7,14H,3-6,8H2,(H,15,18). The van der Waals surface area contributed by atoms with Gasteiger partial charge >= 0.3 is 5.76 Å². The number of benzene rings is 1. The highest BCUT2D eigenvalue weighted by atomic mass is 16.4. The van der Waals surface area contributed by atoms with E-state index < -0.39 is 5.76 Å². The number of hydrogen-bond donors (Lipinski definition) is 2. The average molecular weight is 261 g/mol. The van der Waals surface area contributed by atoms with Crippen LogP contribution in [-0.2, 0) is 0 Å². The Morgan fingerprint density at radius 2 is 2.11 bits per heavy atom. The van der Waals surface area contributed by atoms with E-state index in [0.717, 1.165) is 26.2 Å². The van der Waals surface area contributed by atoms with Crippen molar-refractivity contribution in [1.29, 1.82) is 0 Å². The van der Waals surface area contributed by atoms with Crippen LogP contribution in [0.1, 0.15) is 10.4 Å². The lowest BCUT2D eigenvalue weighted by atomic mass is 10.1. The molecule has 6 heteroatoms. The number of oxazole rings is 1. The fourth-order valence-electron chi connectivity index (χ4n) is 2.28. The number of hydrogen-bond acceptors (Lipinski definition) is 5. The highest BCUT2D eigenvalue weighted by Crippen LogP contribution is 2.13. The van der Waals surface area contributed by atoms with Crippen LogP contribution in [0.15, 0.2) is 27.4 Å². The van der Waals surface area contributed by atoms with Crippen LogP contribution in [0.5, 0.6) is 0 Å². The molecular weight excluding hydrogens is 246 g/mol. The molecule has 0 atom stereocenters. The minimum Gasteiger partial charge on any atom is -0.408 e. The molecule has 1 fully saturated rings. The van der Waals surface area contributed by atoms with Crippen molar-refractivity contribution in [3.05, 3.63) is 34.3 Å². The van der Waals surface area contributed by atoms with Crippen molar-refractivity contribution in [2.24, 2.45) is 0 Å². The van der Waals surface area contributed by atoms with E-state index in [1.807, 2.05) is 0 Å². The Hall–Kier alpha value is -1.92. The van der Waals surface area contributed by atoms with Gasteiger partial charge in [0.25, 0.3) is 0 Å². The van der Waals surface area contributed by atoms with Crippen molar-refractivity contribution in [2.45, 2.75) is 0 Å². The van der Waals surface area contributed by atoms with Crippen LogP contribution in [0.25, 0.3) is 11.1 Å². The number of fused-ring (bicyclic) bond motifs is 1. The van der Waals surface area contributed by atoms with Gasteiger partial charge in [-0.1, -0.05) is 0 Å². The maximum Gasteiger partial charge on any atom is 0.417 e. The molecule has 100 valence electrons. The van der Waals surface area contributed by atoms with E-state index in [9.17, 15) is 9.59 Å². The Labute approximate surface area is 109 Å². The van der Waals surface area contributed by atoms with E-state index in [1.54, 1.807) is 18.2 Å². The summed E-state index contributed by atoms with van der Waals surface area (Å²) in [6.07, 6.45) is 0. The molecule has 0 amide bonds. The molecule has 1 aliphatic rings. The number of ketones is 1. The van der Waals surface area contributed by atoms with Gasteiger partial charge in [0, 0.05) is 31.7 Å². The van der Waals surface area contributed by atoms with Crippen molar-refractivity contribution < 1.29 is 9.21 Å². The van der Waals surface area contributed by atoms with Gasteiger partial charge in [0.05, 0.1) is 12.1 Å². The molecule has 0 bridgehead atoms. The Morgan fingerprint density at radius 3 is 2.89 bits per heavy atom. The zero-order valence-corrected chi connectivity index (χ0v) is 10.4. The molecular formula is C13H15N3O3. The lowest BCUT2D eigenvalue weighted by Gasteiger charge is -2.26. The molecule has 0 unspecified atom stereocenters. The smallest absolute Gasteiger partial charge is 0.408 e. The monoisotopic (exact) mass is 261 g/mol. The maximum absolute atomic E-state index is 12.2. The van der Waals surface area contributed by atoms with E-state index in [1.165, 1.54) is 0 Å². The Morgan fingerprint density at radius 1 is 1.32 bits per heavy atom. The quantitative estimate of drug-likeness (QED) is 0.772. The summed E-state index contributed by atoms with van der Waals surface area (Å²) in [6.45, 7) is 4.00. The molecule has 6 nitrogen and oxygen atoms in total. The summed E-state index contributed by atoms with van der Waals surface area (Å²) >= 11 is 0. The summed E-state index contributed by atoms with van der Waals surface area (Å²) < 4.78 is 4.96. The fraction of sp³-hybridized carbons (Fsp3) is 0.385. The van der Waals surface area contributed by atoms with Gasteiger partial charge in [-0.05, 0) is 18.2 Å². The largest absolute Gasteiger partial charge is 0.417 e.